The molecule has 0 aliphatic heterocycles. The summed E-state index contributed by atoms with van der Waals surface area (Å²) in [5.74, 6) is 0.868. The van der Waals surface area contributed by atoms with E-state index in [4.69, 9.17) is 9.97 Å². The van der Waals surface area contributed by atoms with E-state index < -0.39 is 0 Å². The van der Waals surface area contributed by atoms with Crippen molar-refractivity contribution in [2.45, 2.75) is 26.2 Å². The van der Waals surface area contributed by atoms with E-state index in [0.717, 1.165) is 100 Å². The third-order valence-corrected chi connectivity index (χ3v) is 12.5. The van der Waals surface area contributed by atoms with Crippen molar-refractivity contribution < 1.29 is 0 Å². The molecule has 0 unspecified atom stereocenters. The molecule has 0 amide bonds. The van der Waals surface area contributed by atoms with Crippen LogP contribution < -0.4 is 0 Å². The first kappa shape index (κ1) is 36.7. The van der Waals surface area contributed by atoms with Crippen LogP contribution in [0.25, 0.3) is 111 Å². The molecule has 6 heteroatoms. The number of benzene rings is 7. The molecule has 0 spiro atoms. The summed E-state index contributed by atoms with van der Waals surface area (Å²) in [6.45, 7) is 6.90. The van der Waals surface area contributed by atoms with Crippen molar-refractivity contribution in [3.63, 3.8) is 0 Å². The number of hydrogen-bond acceptors (Lipinski definition) is 3. The lowest BCUT2D eigenvalue weighted by Crippen LogP contribution is -2.13. The molecule has 0 saturated heterocycles. The molecule has 5 aromatic heterocycles. The Morgan fingerprint density at radius 1 is 0.476 bits per heavy atom. The number of aromatic amines is 1. The normalized spacial score (nSPS) is 12.0. The summed E-state index contributed by atoms with van der Waals surface area (Å²) in [4.78, 5) is 19.1. The number of nitrogens with zero attached hydrogens (tertiary/aromatic N) is 5. The number of pyridine rings is 2. The molecule has 12 rings (SSSR count). The van der Waals surface area contributed by atoms with Crippen LogP contribution >= 0.6 is 0 Å². The van der Waals surface area contributed by atoms with Gasteiger partial charge in [-0.15, -0.1) is 0 Å². The second kappa shape index (κ2) is 14.3. The Kier molecular flexibility index (Phi) is 8.31. The van der Waals surface area contributed by atoms with Crippen LogP contribution in [0.4, 0.5) is 0 Å². The molecule has 6 nitrogen and oxygen atoms in total. The SMILES string of the molecule is CC(C)(C)c1ccc(-c2cc(-c3ccccc3)cc(-n3c4ccccc4c4cccnc43)c2)c2nc(-c3cc(-c4ccncc4)cc4c3[nH]c3ccccc34)n(-c3ccccc3)c12. The molecular weight excluding hydrogens is 769 g/mol. The summed E-state index contributed by atoms with van der Waals surface area (Å²) in [6, 6.07) is 63.1. The van der Waals surface area contributed by atoms with Gasteiger partial charge < -0.3 is 4.98 Å². The van der Waals surface area contributed by atoms with Gasteiger partial charge >= 0.3 is 0 Å². The fraction of sp³-hybridized carbons (Fsp3) is 0.0702. The van der Waals surface area contributed by atoms with E-state index in [0.29, 0.717) is 0 Å². The molecule has 300 valence electrons. The van der Waals surface area contributed by atoms with E-state index in [1.54, 1.807) is 0 Å². The average Bonchev–Trinajstić information content (AvgIpc) is 4.02. The predicted octanol–water partition coefficient (Wildman–Crippen LogP) is 14.5. The van der Waals surface area contributed by atoms with Crippen LogP contribution in [0.2, 0.25) is 0 Å². The molecule has 63 heavy (non-hydrogen) atoms. The minimum atomic E-state index is -0.207. The quantitative estimate of drug-likeness (QED) is 0.182. The van der Waals surface area contributed by atoms with E-state index in [1.165, 1.54) is 16.3 Å². The Balaban J connectivity index is 1.21. The van der Waals surface area contributed by atoms with Crippen LogP contribution in [-0.4, -0.2) is 29.1 Å². The number of fused-ring (bicyclic) bond motifs is 7. The number of H-pyrrole nitrogens is 1. The standard InChI is InChI=1S/C57H42N6/c1-57(2,3)49-25-24-43(40-31-38(36-15-6-4-7-16-36)32-42(33-40)62-51-23-13-11-20-45(51)46-21-14-28-59-55(46)62)53-54(49)63(41-17-8-5-9-18-41)56(61-53)48-35-39(37-26-29-58-30-27-37)34-47-44-19-10-12-22-50(44)60-52(47)48/h4-35,60H,1-3H3. The maximum Gasteiger partial charge on any atom is 0.147 e. The van der Waals surface area contributed by atoms with Crippen LogP contribution in [0.3, 0.4) is 0 Å². The van der Waals surface area contributed by atoms with Gasteiger partial charge in [-0.3, -0.25) is 14.1 Å². The van der Waals surface area contributed by atoms with Crippen molar-refractivity contribution >= 4 is 54.8 Å². The van der Waals surface area contributed by atoms with Gasteiger partial charge in [0.15, 0.2) is 0 Å². The molecule has 5 heterocycles. The van der Waals surface area contributed by atoms with Crippen LogP contribution in [0.15, 0.2) is 195 Å². The molecule has 0 saturated carbocycles. The fourth-order valence-electron chi connectivity index (χ4n) is 9.62. The zero-order valence-corrected chi connectivity index (χ0v) is 35.2. The van der Waals surface area contributed by atoms with Gasteiger partial charge in [-0.25, -0.2) is 9.97 Å². The summed E-state index contributed by atoms with van der Waals surface area (Å²) >= 11 is 0. The second-order valence-electron chi connectivity index (χ2n) is 17.4. The van der Waals surface area contributed by atoms with E-state index in [9.17, 15) is 0 Å². The molecule has 0 radical (unpaired) electrons. The van der Waals surface area contributed by atoms with Gasteiger partial charge in [0.2, 0.25) is 0 Å². The Morgan fingerprint density at radius 3 is 1.97 bits per heavy atom. The Bertz CT molecular complexity index is 3650. The summed E-state index contributed by atoms with van der Waals surface area (Å²) < 4.78 is 4.71. The molecule has 0 bridgehead atoms. The van der Waals surface area contributed by atoms with E-state index in [-0.39, 0.29) is 5.41 Å². The maximum absolute atomic E-state index is 5.87. The van der Waals surface area contributed by atoms with Gasteiger partial charge in [0, 0.05) is 68.2 Å². The van der Waals surface area contributed by atoms with Gasteiger partial charge in [0.25, 0.3) is 0 Å². The van der Waals surface area contributed by atoms with E-state index >= 15 is 0 Å². The molecule has 7 aromatic carbocycles. The van der Waals surface area contributed by atoms with Crippen molar-refractivity contribution in [2.75, 3.05) is 0 Å². The summed E-state index contributed by atoms with van der Waals surface area (Å²) in [5.41, 5.74) is 16.9. The van der Waals surface area contributed by atoms with E-state index in [2.05, 4.69) is 210 Å². The molecule has 0 aliphatic rings. The van der Waals surface area contributed by atoms with Crippen molar-refractivity contribution in [1.82, 2.24) is 29.1 Å². The number of aromatic nitrogens is 6. The number of hydrogen-bond donors (Lipinski definition) is 1. The highest BCUT2D eigenvalue weighted by molar-refractivity contribution is 6.14. The first-order valence-corrected chi connectivity index (χ1v) is 21.5. The third kappa shape index (κ3) is 5.98. The van der Waals surface area contributed by atoms with E-state index in [1.807, 2.05) is 24.7 Å². The summed E-state index contributed by atoms with van der Waals surface area (Å²) in [6.07, 6.45) is 5.62. The lowest BCUT2D eigenvalue weighted by Gasteiger charge is -2.23. The third-order valence-electron chi connectivity index (χ3n) is 12.5. The number of nitrogens with one attached hydrogen (secondary N) is 1. The van der Waals surface area contributed by atoms with Gasteiger partial charge in [0.05, 0.1) is 22.1 Å². The Labute approximate surface area is 364 Å². The van der Waals surface area contributed by atoms with Gasteiger partial charge in [-0.1, -0.05) is 118 Å². The van der Waals surface area contributed by atoms with Gasteiger partial charge in [0.1, 0.15) is 11.5 Å². The average molecular weight is 811 g/mol. The summed E-state index contributed by atoms with van der Waals surface area (Å²) in [5, 5.41) is 4.62. The first-order valence-electron chi connectivity index (χ1n) is 21.5. The molecular formula is C57H42N6. The highest BCUT2D eigenvalue weighted by atomic mass is 15.1. The van der Waals surface area contributed by atoms with Crippen molar-refractivity contribution in [3.8, 4) is 56.1 Å². The van der Waals surface area contributed by atoms with Crippen molar-refractivity contribution in [1.29, 1.82) is 0 Å². The number of imidazole rings is 1. The molecule has 0 fully saturated rings. The molecule has 12 aromatic rings. The largest absolute Gasteiger partial charge is 0.354 e. The topological polar surface area (TPSA) is 64.3 Å². The van der Waals surface area contributed by atoms with Crippen LogP contribution in [-0.2, 0) is 5.41 Å². The van der Waals surface area contributed by atoms with Crippen molar-refractivity contribution in [3.05, 3.63) is 200 Å². The first-order chi connectivity index (χ1) is 30.9. The minimum Gasteiger partial charge on any atom is -0.354 e. The maximum atomic E-state index is 5.87. The second-order valence-corrected chi connectivity index (χ2v) is 17.4. The predicted molar refractivity (Wildman–Crippen MR) is 261 cm³/mol. The van der Waals surface area contributed by atoms with Crippen LogP contribution in [0.1, 0.15) is 26.3 Å². The molecule has 0 atom stereocenters. The fourth-order valence-corrected chi connectivity index (χ4v) is 9.62. The van der Waals surface area contributed by atoms with Crippen LogP contribution in [0, 0.1) is 0 Å². The smallest absolute Gasteiger partial charge is 0.147 e. The molecule has 1 N–H and O–H groups in total. The zero-order chi connectivity index (χ0) is 42.2. The highest BCUT2D eigenvalue weighted by Gasteiger charge is 2.28. The molecule has 0 aliphatic carbocycles. The Hall–Kier alpha value is -8.09. The van der Waals surface area contributed by atoms with Crippen LogP contribution in [0.5, 0.6) is 0 Å². The van der Waals surface area contributed by atoms with Gasteiger partial charge in [-0.05, 0) is 118 Å². The Morgan fingerprint density at radius 2 is 1.16 bits per heavy atom. The summed E-state index contributed by atoms with van der Waals surface area (Å²) in [7, 11) is 0. The highest BCUT2D eigenvalue weighted by Crippen LogP contribution is 2.45. The number of rotatable bonds is 6. The van der Waals surface area contributed by atoms with Gasteiger partial charge in [-0.2, -0.15) is 0 Å². The lowest BCUT2D eigenvalue weighted by atomic mass is 9.84. The number of para-hydroxylation sites is 3. The monoisotopic (exact) mass is 810 g/mol. The minimum absolute atomic E-state index is 0.207. The van der Waals surface area contributed by atoms with Crippen molar-refractivity contribution in [2.24, 2.45) is 0 Å². The lowest BCUT2D eigenvalue weighted by molar-refractivity contribution is 0.594. The zero-order valence-electron chi connectivity index (χ0n) is 35.2.